The molecule has 5 heteroatoms. The molecule has 2 aromatic rings. The Bertz CT molecular complexity index is 913. The first-order chi connectivity index (χ1) is 12.0. The third kappa shape index (κ3) is 3.88. The Labute approximate surface area is 148 Å². The molecule has 1 aliphatic heterocycles. The van der Waals surface area contributed by atoms with Crippen molar-refractivity contribution in [3.05, 3.63) is 84.1 Å². The zero-order valence-corrected chi connectivity index (χ0v) is 14.7. The smallest absolute Gasteiger partial charge is 0.264 e. The average molecular weight is 353 g/mol. The van der Waals surface area contributed by atoms with E-state index in [4.69, 9.17) is 0 Å². The second-order valence-electron chi connectivity index (χ2n) is 5.97. The number of carbonyl (C=O) groups excluding carboxylic acids is 1. The van der Waals surface area contributed by atoms with Crippen LogP contribution in [0.25, 0.3) is 6.08 Å². The maximum absolute atomic E-state index is 13.0. The minimum Gasteiger partial charge on any atom is -0.295 e. The summed E-state index contributed by atoms with van der Waals surface area (Å²) in [4.78, 5) is 12.0. The molecule has 1 aliphatic rings. The second-order valence-corrected chi connectivity index (χ2v) is 7.81. The molecular weight excluding hydrogens is 334 g/mol. The van der Waals surface area contributed by atoms with Gasteiger partial charge in [0.05, 0.1) is 10.9 Å². The molecule has 1 heterocycles. The standard InChI is InChI=1S/C20H19NO3S/c1-16-7-11-20(12-8-16)25(23,24)21-14-13-19(22)15-18(21)10-9-17-5-3-2-4-6-17/h2-14,18H,15H2,1H3/b10-9+/t18-/m0/s1. The molecule has 0 amide bonds. The van der Waals surface area contributed by atoms with E-state index in [1.54, 1.807) is 30.3 Å². The van der Waals surface area contributed by atoms with Crippen LogP contribution in [0.2, 0.25) is 0 Å². The zero-order chi connectivity index (χ0) is 17.9. The summed E-state index contributed by atoms with van der Waals surface area (Å²) in [6.07, 6.45) is 6.42. The highest BCUT2D eigenvalue weighted by atomic mass is 32.2. The first kappa shape index (κ1) is 17.2. The van der Waals surface area contributed by atoms with Crippen molar-refractivity contribution in [1.29, 1.82) is 0 Å². The summed E-state index contributed by atoms with van der Waals surface area (Å²) in [6, 6.07) is 15.8. The van der Waals surface area contributed by atoms with Crippen LogP contribution >= 0.6 is 0 Å². The Hall–Kier alpha value is -2.66. The van der Waals surface area contributed by atoms with Crippen LogP contribution in [0, 0.1) is 6.92 Å². The molecule has 0 bridgehead atoms. The molecule has 0 aromatic heterocycles. The molecule has 0 saturated carbocycles. The Morgan fingerprint density at radius 3 is 2.40 bits per heavy atom. The number of aryl methyl sites for hydroxylation is 1. The molecule has 4 nitrogen and oxygen atoms in total. The Morgan fingerprint density at radius 2 is 1.72 bits per heavy atom. The van der Waals surface area contributed by atoms with Crippen LogP contribution in [0.3, 0.4) is 0 Å². The van der Waals surface area contributed by atoms with Crippen LogP contribution in [-0.4, -0.2) is 24.5 Å². The SMILES string of the molecule is Cc1ccc(S(=O)(=O)N2C=CC(=O)C[C@@H]2/C=C/c2ccccc2)cc1. The van der Waals surface area contributed by atoms with Gasteiger partial charge in [0, 0.05) is 12.6 Å². The number of hydrogen-bond acceptors (Lipinski definition) is 3. The van der Waals surface area contributed by atoms with Crippen LogP contribution < -0.4 is 0 Å². The molecular formula is C20H19NO3S. The van der Waals surface area contributed by atoms with Crippen molar-refractivity contribution in [1.82, 2.24) is 4.31 Å². The molecule has 3 rings (SSSR count). The summed E-state index contributed by atoms with van der Waals surface area (Å²) in [7, 11) is -3.71. The highest BCUT2D eigenvalue weighted by Gasteiger charge is 2.31. The molecule has 0 aliphatic carbocycles. The average Bonchev–Trinajstić information content (AvgIpc) is 2.61. The first-order valence-electron chi connectivity index (χ1n) is 8.01. The zero-order valence-electron chi connectivity index (χ0n) is 13.9. The Kier molecular flexibility index (Phi) is 4.86. The molecule has 25 heavy (non-hydrogen) atoms. The van der Waals surface area contributed by atoms with Gasteiger partial charge in [0.15, 0.2) is 5.78 Å². The van der Waals surface area contributed by atoms with Gasteiger partial charge >= 0.3 is 0 Å². The molecule has 0 fully saturated rings. The molecule has 0 spiro atoms. The van der Waals surface area contributed by atoms with Gasteiger partial charge < -0.3 is 0 Å². The lowest BCUT2D eigenvalue weighted by Gasteiger charge is -2.30. The molecule has 2 aromatic carbocycles. The summed E-state index contributed by atoms with van der Waals surface area (Å²) >= 11 is 0. The summed E-state index contributed by atoms with van der Waals surface area (Å²) < 4.78 is 27.2. The molecule has 0 radical (unpaired) electrons. The molecule has 1 atom stereocenters. The molecule has 0 saturated heterocycles. The van der Waals surface area contributed by atoms with Gasteiger partial charge in [-0.3, -0.25) is 9.10 Å². The first-order valence-corrected chi connectivity index (χ1v) is 9.45. The number of sulfonamides is 1. The minimum absolute atomic E-state index is 0.0851. The summed E-state index contributed by atoms with van der Waals surface area (Å²) in [5, 5.41) is 0. The Balaban J connectivity index is 1.94. The fraction of sp³-hybridized carbons (Fsp3) is 0.150. The van der Waals surface area contributed by atoms with Crippen molar-refractivity contribution >= 4 is 21.9 Å². The van der Waals surface area contributed by atoms with Crippen molar-refractivity contribution in [2.45, 2.75) is 24.3 Å². The van der Waals surface area contributed by atoms with E-state index in [0.717, 1.165) is 11.1 Å². The third-order valence-electron chi connectivity index (χ3n) is 4.05. The number of allylic oxidation sites excluding steroid dienone is 1. The predicted molar refractivity (Wildman–Crippen MR) is 98.2 cm³/mol. The van der Waals surface area contributed by atoms with Gasteiger partial charge in [-0.05, 0) is 30.7 Å². The van der Waals surface area contributed by atoms with Gasteiger partial charge in [-0.15, -0.1) is 0 Å². The third-order valence-corrected chi connectivity index (χ3v) is 5.87. The quantitative estimate of drug-likeness (QED) is 0.845. The monoisotopic (exact) mass is 353 g/mol. The summed E-state index contributed by atoms with van der Waals surface area (Å²) in [5.74, 6) is -0.0851. The van der Waals surface area contributed by atoms with Crippen LogP contribution in [0.4, 0.5) is 0 Å². The maximum atomic E-state index is 13.0. The molecule has 0 unspecified atom stereocenters. The van der Waals surface area contributed by atoms with E-state index in [0.29, 0.717) is 0 Å². The van der Waals surface area contributed by atoms with Crippen molar-refractivity contribution in [3.63, 3.8) is 0 Å². The number of rotatable bonds is 4. The predicted octanol–water partition coefficient (Wildman–Crippen LogP) is 3.55. The van der Waals surface area contributed by atoms with Crippen LogP contribution in [0.5, 0.6) is 0 Å². The molecule has 0 N–H and O–H groups in total. The minimum atomic E-state index is -3.71. The fourth-order valence-corrected chi connectivity index (χ4v) is 4.11. The van der Waals surface area contributed by atoms with Crippen LogP contribution in [0.15, 0.2) is 77.8 Å². The van der Waals surface area contributed by atoms with E-state index in [9.17, 15) is 13.2 Å². The van der Waals surface area contributed by atoms with E-state index in [1.807, 2.05) is 43.3 Å². The highest BCUT2D eigenvalue weighted by molar-refractivity contribution is 7.89. The van der Waals surface area contributed by atoms with E-state index in [1.165, 1.54) is 16.6 Å². The summed E-state index contributed by atoms with van der Waals surface area (Å²) in [6.45, 7) is 1.90. The van der Waals surface area contributed by atoms with Crippen LogP contribution in [-0.2, 0) is 14.8 Å². The lowest BCUT2D eigenvalue weighted by atomic mass is 10.1. The second kappa shape index (κ2) is 7.07. The fourth-order valence-electron chi connectivity index (χ4n) is 2.66. The lowest BCUT2D eigenvalue weighted by Crippen LogP contribution is -2.38. The van der Waals surface area contributed by atoms with E-state index in [-0.39, 0.29) is 17.1 Å². The van der Waals surface area contributed by atoms with Crippen molar-refractivity contribution in [2.24, 2.45) is 0 Å². The van der Waals surface area contributed by atoms with Crippen molar-refractivity contribution < 1.29 is 13.2 Å². The van der Waals surface area contributed by atoms with Gasteiger partial charge in [0.25, 0.3) is 10.0 Å². The normalized spacial score (nSPS) is 18.0. The largest absolute Gasteiger partial charge is 0.295 e. The lowest BCUT2D eigenvalue weighted by molar-refractivity contribution is -0.115. The Morgan fingerprint density at radius 1 is 1.04 bits per heavy atom. The highest BCUT2D eigenvalue weighted by Crippen LogP contribution is 2.25. The number of hydrogen-bond donors (Lipinski definition) is 0. The van der Waals surface area contributed by atoms with E-state index in [2.05, 4.69) is 0 Å². The van der Waals surface area contributed by atoms with Gasteiger partial charge in [-0.25, -0.2) is 8.42 Å². The van der Waals surface area contributed by atoms with Crippen LogP contribution in [0.1, 0.15) is 17.5 Å². The maximum Gasteiger partial charge on any atom is 0.264 e. The van der Waals surface area contributed by atoms with Gasteiger partial charge in [0.1, 0.15) is 0 Å². The number of nitrogens with zero attached hydrogens (tertiary/aromatic N) is 1. The van der Waals surface area contributed by atoms with E-state index >= 15 is 0 Å². The van der Waals surface area contributed by atoms with Gasteiger partial charge in [-0.2, -0.15) is 0 Å². The van der Waals surface area contributed by atoms with Gasteiger partial charge in [-0.1, -0.05) is 60.2 Å². The number of ketones is 1. The number of carbonyl (C=O) groups is 1. The van der Waals surface area contributed by atoms with Crippen molar-refractivity contribution in [2.75, 3.05) is 0 Å². The molecule has 128 valence electrons. The van der Waals surface area contributed by atoms with E-state index < -0.39 is 16.1 Å². The van der Waals surface area contributed by atoms with Gasteiger partial charge in [0.2, 0.25) is 0 Å². The number of benzene rings is 2. The summed E-state index contributed by atoms with van der Waals surface area (Å²) in [5.41, 5.74) is 1.95. The van der Waals surface area contributed by atoms with Crippen molar-refractivity contribution in [3.8, 4) is 0 Å². The topological polar surface area (TPSA) is 54.5 Å².